The van der Waals surface area contributed by atoms with E-state index in [0.717, 1.165) is 5.82 Å². The van der Waals surface area contributed by atoms with Gasteiger partial charge in [-0.05, 0) is 0 Å². The van der Waals surface area contributed by atoms with Gasteiger partial charge in [0.25, 0.3) is 0 Å². The van der Waals surface area contributed by atoms with Crippen LogP contribution in [-0.4, -0.2) is 33.0 Å². The number of rotatable bonds is 4. The summed E-state index contributed by atoms with van der Waals surface area (Å²) >= 11 is 0. The van der Waals surface area contributed by atoms with Crippen LogP contribution < -0.4 is 5.73 Å². The molecule has 1 unspecified atom stereocenters. The van der Waals surface area contributed by atoms with Gasteiger partial charge in [-0.2, -0.15) is 5.10 Å². The Hall–Kier alpha value is -0.940. The lowest BCUT2D eigenvalue weighted by Crippen LogP contribution is -2.34. The van der Waals surface area contributed by atoms with E-state index < -0.39 is 0 Å². The number of aliphatic hydroxyl groups excluding tert-OH is 1. The molecule has 0 saturated carbocycles. The molecule has 0 fully saturated rings. The Bertz CT molecular complexity index is 267. The summed E-state index contributed by atoms with van der Waals surface area (Å²) in [5.41, 5.74) is 5.28. The Balaban J connectivity index is 2.73. The largest absolute Gasteiger partial charge is 0.396 e. The summed E-state index contributed by atoms with van der Waals surface area (Å²) in [6.45, 7) is 2.44. The zero-order valence-electron chi connectivity index (χ0n) is 8.06. The predicted octanol–water partition coefficient (Wildman–Crippen LogP) is -0.685. The highest BCUT2D eigenvalue weighted by Crippen LogP contribution is 2.18. The van der Waals surface area contributed by atoms with Gasteiger partial charge in [-0.15, -0.1) is 0 Å². The molecule has 1 rings (SSSR count). The molecule has 74 valence electrons. The average Bonchev–Trinajstić information content (AvgIpc) is 2.52. The van der Waals surface area contributed by atoms with Crippen LogP contribution in [-0.2, 0) is 13.5 Å². The second-order valence-electron chi connectivity index (χ2n) is 3.65. The molecular weight excluding hydrogens is 168 g/mol. The maximum absolute atomic E-state index is 9.14. The average molecular weight is 184 g/mol. The first-order valence-electron chi connectivity index (χ1n) is 4.25. The van der Waals surface area contributed by atoms with Crippen LogP contribution in [0.25, 0.3) is 0 Å². The molecule has 1 aromatic heterocycles. The molecule has 0 radical (unpaired) electrons. The van der Waals surface area contributed by atoms with Gasteiger partial charge in [0.15, 0.2) is 0 Å². The minimum absolute atomic E-state index is 0.0658. The molecule has 0 amide bonds. The van der Waals surface area contributed by atoms with E-state index in [1.54, 1.807) is 4.68 Å². The molecule has 0 spiro atoms. The fourth-order valence-corrected chi connectivity index (χ4v) is 1.05. The molecule has 1 atom stereocenters. The van der Waals surface area contributed by atoms with E-state index in [2.05, 4.69) is 10.1 Å². The Kier molecular flexibility index (Phi) is 3.00. The Morgan fingerprint density at radius 1 is 1.69 bits per heavy atom. The highest BCUT2D eigenvalue weighted by atomic mass is 16.3. The number of hydrogen-bond acceptors (Lipinski definition) is 4. The molecule has 3 N–H and O–H groups in total. The van der Waals surface area contributed by atoms with Gasteiger partial charge in [-0.3, -0.25) is 4.68 Å². The van der Waals surface area contributed by atoms with Gasteiger partial charge in [-0.25, -0.2) is 4.98 Å². The molecule has 1 heterocycles. The van der Waals surface area contributed by atoms with Crippen LogP contribution in [0.1, 0.15) is 12.7 Å². The lowest BCUT2D eigenvalue weighted by atomic mass is 9.88. The summed E-state index contributed by atoms with van der Waals surface area (Å²) in [5.74, 6) is 0.849. The summed E-state index contributed by atoms with van der Waals surface area (Å²) in [7, 11) is 1.83. The number of aryl methyl sites for hydroxylation is 1. The highest BCUT2D eigenvalue weighted by molar-refractivity contribution is 4.92. The second-order valence-corrected chi connectivity index (χ2v) is 3.65. The lowest BCUT2D eigenvalue weighted by Gasteiger charge is -2.24. The number of nitrogens with two attached hydrogens (primary N) is 1. The van der Waals surface area contributed by atoms with Gasteiger partial charge in [0, 0.05) is 25.4 Å². The maximum atomic E-state index is 9.14. The monoisotopic (exact) mass is 184 g/mol. The third-order valence-corrected chi connectivity index (χ3v) is 2.26. The van der Waals surface area contributed by atoms with E-state index in [1.807, 2.05) is 14.0 Å². The third kappa shape index (κ3) is 2.26. The Morgan fingerprint density at radius 3 is 2.77 bits per heavy atom. The van der Waals surface area contributed by atoms with Crippen molar-refractivity contribution < 1.29 is 5.11 Å². The van der Waals surface area contributed by atoms with Gasteiger partial charge in [-0.1, -0.05) is 6.92 Å². The molecule has 5 heteroatoms. The standard InChI is InChI=1S/C8H16N4O/c1-8(4-9,5-13)3-7-10-6-11-12(7)2/h6,13H,3-5,9H2,1-2H3. The van der Waals surface area contributed by atoms with E-state index in [4.69, 9.17) is 10.8 Å². The van der Waals surface area contributed by atoms with Crippen molar-refractivity contribution in [2.24, 2.45) is 18.2 Å². The number of aromatic nitrogens is 3. The van der Waals surface area contributed by atoms with Crippen molar-refractivity contribution in [3.05, 3.63) is 12.2 Å². The topological polar surface area (TPSA) is 77.0 Å². The Morgan fingerprint density at radius 2 is 2.38 bits per heavy atom. The summed E-state index contributed by atoms with van der Waals surface area (Å²) in [6, 6.07) is 0. The van der Waals surface area contributed by atoms with Crippen LogP contribution in [0.2, 0.25) is 0 Å². The Labute approximate surface area is 77.6 Å². The molecule has 0 bridgehead atoms. The van der Waals surface area contributed by atoms with Crippen molar-refractivity contribution in [3.63, 3.8) is 0 Å². The first-order chi connectivity index (χ1) is 6.11. The quantitative estimate of drug-likeness (QED) is 0.649. The maximum Gasteiger partial charge on any atom is 0.138 e. The van der Waals surface area contributed by atoms with Crippen molar-refractivity contribution in [1.82, 2.24) is 14.8 Å². The fourth-order valence-electron chi connectivity index (χ4n) is 1.05. The van der Waals surface area contributed by atoms with Crippen LogP contribution in [0, 0.1) is 5.41 Å². The van der Waals surface area contributed by atoms with Crippen LogP contribution in [0.4, 0.5) is 0 Å². The summed E-state index contributed by atoms with van der Waals surface area (Å²) < 4.78 is 1.70. The molecule has 5 nitrogen and oxygen atoms in total. The third-order valence-electron chi connectivity index (χ3n) is 2.26. The van der Waals surface area contributed by atoms with E-state index in [9.17, 15) is 0 Å². The van der Waals surface area contributed by atoms with Gasteiger partial charge >= 0.3 is 0 Å². The molecule has 0 aliphatic carbocycles. The molecule has 0 aliphatic heterocycles. The van der Waals surface area contributed by atoms with E-state index in [-0.39, 0.29) is 12.0 Å². The highest BCUT2D eigenvalue weighted by Gasteiger charge is 2.24. The zero-order valence-corrected chi connectivity index (χ0v) is 8.06. The summed E-state index contributed by atoms with van der Waals surface area (Å²) in [6.07, 6.45) is 2.15. The van der Waals surface area contributed by atoms with Crippen LogP contribution in [0.3, 0.4) is 0 Å². The smallest absolute Gasteiger partial charge is 0.138 e. The molecular formula is C8H16N4O. The number of hydrogen-bond donors (Lipinski definition) is 2. The van der Waals surface area contributed by atoms with Gasteiger partial charge < -0.3 is 10.8 Å². The molecule has 0 saturated heterocycles. The first kappa shape index (κ1) is 10.1. The molecule has 13 heavy (non-hydrogen) atoms. The zero-order chi connectivity index (χ0) is 9.90. The first-order valence-corrected chi connectivity index (χ1v) is 4.25. The van der Waals surface area contributed by atoms with Crippen molar-refractivity contribution in [2.75, 3.05) is 13.2 Å². The molecule has 0 aliphatic rings. The summed E-state index contributed by atoms with van der Waals surface area (Å²) in [4.78, 5) is 4.08. The van der Waals surface area contributed by atoms with E-state index >= 15 is 0 Å². The summed E-state index contributed by atoms with van der Waals surface area (Å²) in [5, 5.41) is 13.1. The normalized spacial score (nSPS) is 15.7. The second kappa shape index (κ2) is 3.85. The molecule has 0 aromatic carbocycles. The van der Waals surface area contributed by atoms with Crippen molar-refractivity contribution in [2.45, 2.75) is 13.3 Å². The van der Waals surface area contributed by atoms with E-state index in [0.29, 0.717) is 13.0 Å². The lowest BCUT2D eigenvalue weighted by molar-refractivity contribution is 0.146. The van der Waals surface area contributed by atoms with Gasteiger partial charge in [0.2, 0.25) is 0 Å². The fraction of sp³-hybridized carbons (Fsp3) is 0.750. The van der Waals surface area contributed by atoms with Crippen molar-refractivity contribution >= 4 is 0 Å². The van der Waals surface area contributed by atoms with Crippen LogP contribution in [0.5, 0.6) is 0 Å². The minimum Gasteiger partial charge on any atom is -0.396 e. The molecule has 1 aromatic rings. The van der Waals surface area contributed by atoms with E-state index in [1.165, 1.54) is 6.33 Å². The van der Waals surface area contributed by atoms with Crippen molar-refractivity contribution in [3.8, 4) is 0 Å². The number of nitrogens with zero attached hydrogens (tertiary/aromatic N) is 3. The predicted molar refractivity (Wildman–Crippen MR) is 49.0 cm³/mol. The van der Waals surface area contributed by atoms with Gasteiger partial charge in [0.1, 0.15) is 12.2 Å². The van der Waals surface area contributed by atoms with Crippen molar-refractivity contribution in [1.29, 1.82) is 0 Å². The number of aliphatic hydroxyl groups is 1. The van der Waals surface area contributed by atoms with Crippen LogP contribution in [0.15, 0.2) is 6.33 Å². The van der Waals surface area contributed by atoms with Crippen LogP contribution >= 0.6 is 0 Å². The minimum atomic E-state index is -0.291. The van der Waals surface area contributed by atoms with Gasteiger partial charge in [0.05, 0.1) is 6.61 Å². The SMILES string of the molecule is Cn1ncnc1CC(C)(CN)CO.